The van der Waals surface area contributed by atoms with Crippen LogP contribution in [0.3, 0.4) is 0 Å². The zero-order valence-electron chi connectivity index (χ0n) is 20.5. The molecule has 0 spiro atoms. The maximum absolute atomic E-state index is 12.9. The Hall–Kier alpha value is -3.06. The van der Waals surface area contributed by atoms with Crippen molar-refractivity contribution in [1.82, 2.24) is 5.32 Å². The Labute approximate surface area is 208 Å². The molecule has 2 bridgehead atoms. The molecule has 36 heavy (non-hydrogen) atoms. The number of nitrogens with one attached hydrogen (secondary N) is 2. The van der Waals surface area contributed by atoms with Crippen molar-refractivity contribution in [2.75, 3.05) is 11.9 Å². The van der Waals surface area contributed by atoms with Crippen LogP contribution in [0.25, 0.3) is 22.1 Å². The average Bonchev–Trinajstić information content (AvgIpc) is 3.25. The van der Waals surface area contributed by atoms with Crippen LogP contribution in [-0.4, -0.2) is 24.7 Å². The van der Waals surface area contributed by atoms with Gasteiger partial charge < -0.3 is 15.1 Å². The number of aryl methyl sites for hydroxylation is 2. The number of hydrogen-bond acceptors (Lipinski definition) is 3. The zero-order chi connectivity index (χ0) is 25.4. The second-order valence-electron chi connectivity index (χ2n) is 10.2. The summed E-state index contributed by atoms with van der Waals surface area (Å²) < 4.78 is 43.3. The first-order valence-corrected chi connectivity index (χ1v) is 12.6. The van der Waals surface area contributed by atoms with E-state index in [0.717, 1.165) is 70.4 Å². The molecule has 190 valence electrons. The summed E-state index contributed by atoms with van der Waals surface area (Å²) in [5, 5.41) is 8.16. The topological polar surface area (TPSA) is 54.3 Å². The summed E-state index contributed by atoms with van der Waals surface area (Å²) in [6.07, 6.45) is 0.347. The molecule has 0 saturated heterocycles. The van der Waals surface area contributed by atoms with Gasteiger partial charge in [0.1, 0.15) is 11.5 Å². The lowest BCUT2D eigenvalue weighted by Gasteiger charge is -2.31. The van der Waals surface area contributed by atoms with Gasteiger partial charge in [0.15, 0.2) is 0 Å². The Morgan fingerprint density at radius 2 is 1.75 bits per heavy atom. The molecule has 1 unspecified atom stereocenters. The van der Waals surface area contributed by atoms with E-state index in [0.29, 0.717) is 0 Å². The minimum absolute atomic E-state index is 0.0457. The maximum Gasteiger partial charge on any atom is 0.390 e. The van der Waals surface area contributed by atoms with Crippen LogP contribution in [0.4, 0.5) is 18.9 Å². The van der Waals surface area contributed by atoms with Crippen molar-refractivity contribution in [3.8, 4) is 11.3 Å². The number of carbonyl (C=O) groups is 1. The number of halogens is 3. The van der Waals surface area contributed by atoms with Crippen LogP contribution >= 0.6 is 0 Å². The van der Waals surface area contributed by atoms with Crippen molar-refractivity contribution in [2.45, 2.75) is 58.2 Å². The van der Waals surface area contributed by atoms with E-state index in [-0.39, 0.29) is 30.3 Å². The average molecular weight is 497 g/mol. The number of anilines is 1. The van der Waals surface area contributed by atoms with E-state index in [2.05, 4.69) is 16.7 Å². The smallest absolute Gasteiger partial charge is 0.390 e. The second kappa shape index (κ2) is 9.77. The standard InChI is InChI=1S/C29H31F3N2O2/c1-17-11-27(36-18(17)2)22-6-3-19-7-8-24(15-23(19)12-22)34-28(35)16-26-20-4-5-21(26)14-25(13-20)33-10-9-29(30,31)32/h3,6-8,11-12,15-16,20-21,25,33H,4-5,9-10,13-14H2,1-2H3,(H,34,35)/b26-16-/t20-,21?,25+/m1/s1. The van der Waals surface area contributed by atoms with Crippen LogP contribution in [0.5, 0.6) is 0 Å². The Morgan fingerprint density at radius 3 is 2.42 bits per heavy atom. The van der Waals surface area contributed by atoms with E-state index in [4.69, 9.17) is 4.42 Å². The fraction of sp³-hybridized carbons (Fsp3) is 0.414. The molecular formula is C29H31F3N2O2. The molecule has 2 aliphatic rings. The molecule has 2 aromatic carbocycles. The molecule has 2 aliphatic carbocycles. The van der Waals surface area contributed by atoms with Gasteiger partial charge in [0.05, 0.1) is 6.42 Å². The molecule has 1 aromatic heterocycles. The third-order valence-corrected chi connectivity index (χ3v) is 7.64. The Kier molecular flexibility index (Phi) is 6.68. The summed E-state index contributed by atoms with van der Waals surface area (Å²) in [7, 11) is 0. The van der Waals surface area contributed by atoms with Gasteiger partial charge in [-0.3, -0.25) is 4.79 Å². The first-order chi connectivity index (χ1) is 17.1. The fourth-order valence-electron chi connectivity index (χ4n) is 5.70. The number of hydrogen-bond donors (Lipinski definition) is 2. The third-order valence-electron chi connectivity index (χ3n) is 7.64. The monoisotopic (exact) mass is 496 g/mol. The number of benzene rings is 2. The largest absolute Gasteiger partial charge is 0.461 e. The molecule has 1 heterocycles. The fourth-order valence-corrected chi connectivity index (χ4v) is 5.70. The number of alkyl halides is 3. The minimum atomic E-state index is -4.13. The molecular weight excluding hydrogens is 465 g/mol. The van der Waals surface area contributed by atoms with Crippen molar-refractivity contribution in [3.63, 3.8) is 0 Å². The summed E-state index contributed by atoms with van der Waals surface area (Å²) in [6, 6.07) is 14.1. The third kappa shape index (κ3) is 5.51. The number of carbonyl (C=O) groups excluding carboxylic acids is 1. The Balaban J connectivity index is 1.25. The molecule has 3 atom stereocenters. The zero-order valence-corrected chi connectivity index (χ0v) is 20.5. The number of furan rings is 1. The van der Waals surface area contributed by atoms with Gasteiger partial charge in [-0.05, 0) is 92.0 Å². The van der Waals surface area contributed by atoms with Crippen molar-refractivity contribution >= 4 is 22.4 Å². The minimum Gasteiger partial charge on any atom is -0.461 e. The molecule has 5 rings (SSSR count). The SMILES string of the molecule is Cc1cc(-c2ccc3ccc(NC(=O)/C=C4\C5CC[C@@H]4C[C@H](NCCC(F)(F)F)C5)cc3c2)oc1C. The van der Waals surface area contributed by atoms with E-state index in [1.807, 2.05) is 50.2 Å². The molecule has 0 radical (unpaired) electrons. The van der Waals surface area contributed by atoms with E-state index in [1.54, 1.807) is 6.08 Å². The number of amides is 1. The molecule has 1 amide bonds. The van der Waals surface area contributed by atoms with Gasteiger partial charge in [-0.25, -0.2) is 0 Å². The van der Waals surface area contributed by atoms with Crippen LogP contribution in [0.15, 0.2) is 58.5 Å². The predicted molar refractivity (Wildman–Crippen MR) is 136 cm³/mol. The summed E-state index contributed by atoms with van der Waals surface area (Å²) in [5.74, 6) is 2.09. The van der Waals surface area contributed by atoms with Crippen LogP contribution in [0, 0.1) is 25.7 Å². The van der Waals surface area contributed by atoms with Gasteiger partial charge >= 0.3 is 6.18 Å². The number of fused-ring (bicyclic) bond motifs is 3. The normalized spacial score (nSPS) is 22.9. The van der Waals surface area contributed by atoms with Gasteiger partial charge in [0.25, 0.3) is 0 Å². The van der Waals surface area contributed by atoms with E-state index in [1.165, 1.54) is 0 Å². The van der Waals surface area contributed by atoms with Crippen molar-refractivity contribution in [2.24, 2.45) is 11.8 Å². The van der Waals surface area contributed by atoms with Crippen LogP contribution in [0.1, 0.15) is 43.4 Å². The highest BCUT2D eigenvalue weighted by Gasteiger charge is 2.39. The second-order valence-corrected chi connectivity index (χ2v) is 10.2. The summed E-state index contributed by atoms with van der Waals surface area (Å²) in [4.78, 5) is 12.9. The van der Waals surface area contributed by atoms with Gasteiger partial charge in [0, 0.05) is 29.9 Å². The maximum atomic E-state index is 12.9. The Bertz CT molecular complexity index is 1270. The van der Waals surface area contributed by atoms with E-state index in [9.17, 15) is 18.0 Å². The van der Waals surface area contributed by atoms with E-state index < -0.39 is 12.6 Å². The van der Waals surface area contributed by atoms with Gasteiger partial charge in [-0.15, -0.1) is 0 Å². The lowest BCUT2D eigenvalue weighted by molar-refractivity contribution is -0.133. The van der Waals surface area contributed by atoms with Crippen molar-refractivity contribution < 1.29 is 22.4 Å². The van der Waals surface area contributed by atoms with Crippen LogP contribution < -0.4 is 10.6 Å². The van der Waals surface area contributed by atoms with Crippen molar-refractivity contribution in [3.05, 3.63) is 65.4 Å². The lowest BCUT2D eigenvalue weighted by Crippen LogP contribution is -2.37. The van der Waals surface area contributed by atoms with E-state index >= 15 is 0 Å². The summed E-state index contributed by atoms with van der Waals surface area (Å²) in [6.45, 7) is 3.93. The lowest BCUT2D eigenvalue weighted by atomic mass is 9.80. The highest BCUT2D eigenvalue weighted by Crippen LogP contribution is 2.46. The van der Waals surface area contributed by atoms with Gasteiger partial charge in [-0.1, -0.05) is 23.8 Å². The molecule has 2 saturated carbocycles. The van der Waals surface area contributed by atoms with Crippen LogP contribution in [0.2, 0.25) is 0 Å². The number of allylic oxidation sites excluding steroid dienone is 1. The van der Waals surface area contributed by atoms with Crippen molar-refractivity contribution in [1.29, 1.82) is 0 Å². The summed E-state index contributed by atoms with van der Waals surface area (Å²) >= 11 is 0. The highest BCUT2D eigenvalue weighted by molar-refractivity contribution is 6.01. The Morgan fingerprint density at radius 1 is 1.03 bits per heavy atom. The highest BCUT2D eigenvalue weighted by atomic mass is 19.4. The number of rotatable bonds is 6. The summed E-state index contributed by atoms with van der Waals surface area (Å²) in [5.41, 5.74) is 3.97. The molecule has 7 heteroatoms. The van der Waals surface area contributed by atoms with Crippen LogP contribution in [-0.2, 0) is 4.79 Å². The first-order valence-electron chi connectivity index (χ1n) is 12.6. The van der Waals surface area contributed by atoms with Gasteiger partial charge in [0.2, 0.25) is 5.91 Å². The van der Waals surface area contributed by atoms with Gasteiger partial charge in [-0.2, -0.15) is 13.2 Å². The molecule has 3 aromatic rings. The quantitative estimate of drug-likeness (QED) is 0.352. The molecule has 2 N–H and O–H groups in total. The molecule has 0 aliphatic heterocycles. The predicted octanol–water partition coefficient (Wildman–Crippen LogP) is 7.31. The molecule has 2 fully saturated rings. The first kappa shape index (κ1) is 24.6. The molecule has 4 nitrogen and oxygen atoms in total.